The first-order valence-corrected chi connectivity index (χ1v) is 4.77. The molecule has 1 aromatic rings. The number of hydrogen-bond acceptors (Lipinski definition) is 4. The summed E-state index contributed by atoms with van der Waals surface area (Å²) in [5.74, 6) is -1.24. The lowest BCUT2D eigenvalue weighted by Gasteiger charge is -2.07. The number of nitrogens with zero attached hydrogens (tertiary/aromatic N) is 1. The molecule has 16 heavy (non-hydrogen) atoms. The summed E-state index contributed by atoms with van der Waals surface area (Å²) in [6, 6.07) is 1.20. The van der Waals surface area contributed by atoms with Crippen molar-refractivity contribution in [2.45, 2.75) is 6.54 Å². The number of aromatic carboxylic acids is 1. The quantitative estimate of drug-likeness (QED) is 0.643. The molecule has 0 aliphatic rings. The molecule has 6 nitrogen and oxygen atoms in total. The monoisotopic (exact) mass is 227 g/mol. The zero-order valence-electron chi connectivity index (χ0n) is 8.63. The second-order valence-electron chi connectivity index (χ2n) is 3.10. The lowest BCUT2D eigenvalue weighted by Crippen LogP contribution is -2.18. The van der Waals surface area contributed by atoms with E-state index >= 15 is 0 Å². The first kappa shape index (κ1) is 12.4. The van der Waals surface area contributed by atoms with E-state index in [4.69, 9.17) is 14.9 Å². The van der Waals surface area contributed by atoms with Gasteiger partial charge in [-0.25, -0.2) is 4.79 Å². The molecule has 0 spiro atoms. The Balaban J connectivity index is 2.64. The van der Waals surface area contributed by atoms with Crippen LogP contribution in [-0.2, 0) is 11.3 Å². The summed E-state index contributed by atoms with van der Waals surface area (Å²) in [5, 5.41) is 17.2. The highest BCUT2D eigenvalue weighted by atomic mass is 16.5. The van der Waals surface area contributed by atoms with Crippen molar-refractivity contribution < 1.29 is 19.7 Å². The second kappa shape index (κ2) is 6.04. The van der Waals surface area contributed by atoms with E-state index in [1.54, 1.807) is 4.57 Å². The maximum absolute atomic E-state index is 11.1. The summed E-state index contributed by atoms with van der Waals surface area (Å²) in [5.41, 5.74) is -0.773. The molecule has 0 amide bonds. The molecule has 0 atom stereocenters. The van der Waals surface area contributed by atoms with Gasteiger partial charge in [0.15, 0.2) is 5.43 Å². The lowest BCUT2D eigenvalue weighted by molar-refractivity contribution is 0.0693. The number of carboxylic acid groups (broad SMARTS) is 1. The Morgan fingerprint density at radius 3 is 2.81 bits per heavy atom. The van der Waals surface area contributed by atoms with Gasteiger partial charge in [0.25, 0.3) is 0 Å². The van der Waals surface area contributed by atoms with E-state index < -0.39 is 11.4 Å². The van der Waals surface area contributed by atoms with Crippen LogP contribution in [0.1, 0.15) is 10.4 Å². The third-order valence-corrected chi connectivity index (χ3v) is 1.94. The molecule has 0 fully saturated rings. The molecule has 1 rings (SSSR count). The third-order valence-electron chi connectivity index (χ3n) is 1.94. The minimum atomic E-state index is -1.24. The van der Waals surface area contributed by atoms with Gasteiger partial charge in [0.1, 0.15) is 5.56 Å². The Labute approximate surface area is 91.7 Å². The van der Waals surface area contributed by atoms with Gasteiger partial charge in [-0.15, -0.1) is 0 Å². The predicted molar refractivity (Wildman–Crippen MR) is 55.6 cm³/mol. The molecule has 0 saturated carbocycles. The molecule has 1 aromatic heterocycles. The highest BCUT2D eigenvalue weighted by Gasteiger charge is 2.07. The van der Waals surface area contributed by atoms with Crippen molar-refractivity contribution in [3.05, 3.63) is 34.2 Å². The Kier molecular flexibility index (Phi) is 4.68. The first-order chi connectivity index (χ1) is 7.65. The number of carbonyl (C=O) groups is 1. The fourth-order valence-electron chi connectivity index (χ4n) is 1.16. The molecular formula is C10H13NO5. The van der Waals surface area contributed by atoms with Crippen molar-refractivity contribution in [1.82, 2.24) is 4.57 Å². The van der Waals surface area contributed by atoms with Crippen molar-refractivity contribution in [3.63, 3.8) is 0 Å². The summed E-state index contributed by atoms with van der Waals surface area (Å²) in [7, 11) is 0. The van der Waals surface area contributed by atoms with Crippen LogP contribution in [0.15, 0.2) is 23.3 Å². The van der Waals surface area contributed by atoms with Crippen molar-refractivity contribution in [2.24, 2.45) is 0 Å². The summed E-state index contributed by atoms with van der Waals surface area (Å²) in [4.78, 5) is 21.8. The summed E-state index contributed by atoms with van der Waals surface area (Å²) < 4.78 is 6.58. The van der Waals surface area contributed by atoms with Crippen LogP contribution in [0.3, 0.4) is 0 Å². The number of aliphatic hydroxyl groups is 1. The van der Waals surface area contributed by atoms with Crippen LogP contribution in [0.25, 0.3) is 0 Å². The smallest absolute Gasteiger partial charge is 0.341 e. The van der Waals surface area contributed by atoms with E-state index in [2.05, 4.69) is 0 Å². The lowest BCUT2D eigenvalue weighted by atomic mass is 10.3. The number of hydrogen-bond donors (Lipinski definition) is 2. The SMILES string of the molecule is O=C(O)c1cn(CCOCCO)ccc1=O. The van der Waals surface area contributed by atoms with Gasteiger partial charge in [0.2, 0.25) is 0 Å². The minimum Gasteiger partial charge on any atom is -0.477 e. The van der Waals surface area contributed by atoms with E-state index in [-0.39, 0.29) is 18.8 Å². The Morgan fingerprint density at radius 1 is 1.44 bits per heavy atom. The van der Waals surface area contributed by atoms with Gasteiger partial charge < -0.3 is 19.5 Å². The molecule has 0 unspecified atom stereocenters. The molecule has 0 saturated heterocycles. The molecule has 0 aliphatic heterocycles. The highest BCUT2D eigenvalue weighted by molar-refractivity contribution is 5.86. The molecule has 0 aromatic carbocycles. The van der Waals surface area contributed by atoms with Crippen LogP contribution in [0.4, 0.5) is 0 Å². The number of carboxylic acids is 1. The molecule has 0 bridgehead atoms. The maximum atomic E-state index is 11.1. The fourth-order valence-corrected chi connectivity index (χ4v) is 1.16. The average Bonchev–Trinajstić information content (AvgIpc) is 2.26. The van der Waals surface area contributed by atoms with Crippen LogP contribution in [0, 0.1) is 0 Å². The second-order valence-corrected chi connectivity index (χ2v) is 3.10. The van der Waals surface area contributed by atoms with Crippen molar-refractivity contribution in [2.75, 3.05) is 19.8 Å². The van der Waals surface area contributed by atoms with E-state index in [0.29, 0.717) is 13.2 Å². The van der Waals surface area contributed by atoms with Gasteiger partial charge in [-0.1, -0.05) is 0 Å². The summed E-state index contributed by atoms with van der Waals surface area (Å²) in [6.45, 7) is 0.972. The summed E-state index contributed by atoms with van der Waals surface area (Å²) >= 11 is 0. The van der Waals surface area contributed by atoms with Gasteiger partial charge in [0, 0.05) is 25.0 Å². The molecule has 2 N–H and O–H groups in total. The zero-order valence-corrected chi connectivity index (χ0v) is 8.63. The third kappa shape index (κ3) is 3.48. The molecular weight excluding hydrogens is 214 g/mol. The molecule has 88 valence electrons. The standard InChI is InChI=1S/C10H13NO5/c12-4-6-16-5-3-11-2-1-9(13)8(7-11)10(14)15/h1-2,7,12H,3-6H2,(H,14,15). The number of pyridine rings is 1. The van der Waals surface area contributed by atoms with Crippen molar-refractivity contribution in [1.29, 1.82) is 0 Å². The van der Waals surface area contributed by atoms with Crippen LogP contribution in [-0.4, -0.2) is 40.6 Å². The maximum Gasteiger partial charge on any atom is 0.341 e. The fraction of sp³-hybridized carbons (Fsp3) is 0.400. The van der Waals surface area contributed by atoms with Crippen molar-refractivity contribution in [3.8, 4) is 0 Å². The molecule has 6 heteroatoms. The van der Waals surface area contributed by atoms with Crippen LogP contribution in [0.5, 0.6) is 0 Å². The number of ether oxygens (including phenoxy) is 1. The van der Waals surface area contributed by atoms with Crippen LogP contribution >= 0.6 is 0 Å². The number of rotatable bonds is 6. The highest BCUT2D eigenvalue weighted by Crippen LogP contribution is 1.93. The molecule has 0 radical (unpaired) electrons. The Morgan fingerprint density at radius 2 is 2.19 bits per heavy atom. The Hall–Kier alpha value is -1.66. The van der Waals surface area contributed by atoms with Crippen LogP contribution < -0.4 is 5.43 Å². The molecule has 1 heterocycles. The van der Waals surface area contributed by atoms with Gasteiger partial charge in [-0.3, -0.25) is 4.79 Å². The number of aromatic nitrogens is 1. The van der Waals surface area contributed by atoms with Gasteiger partial charge in [-0.2, -0.15) is 0 Å². The predicted octanol–water partition coefficient (Wildman–Crippen LogP) is -0.445. The largest absolute Gasteiger partial charge is 0.477 e. The topological polar surface area (TPSA) is 88.8 Å². The van der Waals surface area contributed by atoms with Gasteiger partial charge in [0.05, 0.1) is 19.8 Å². The van der Waals surface area contributed by atoms with E-state index in [9.17, 15) is 9.59 Å². The Bertz CT molecular complexity index is 412. The van der Waals surface area contributed by atoms with Gasteiger partial charge in [-0.05, 0) is 0 Å². The van der Waals surface area contributed by atoms with E-state index in [1.165, 1.54) is 18.5 Å². The van der Waals surface area contributed by atoms with E-state index in [1.807, 2.05) is 0 Å². The summed E-state index contributed by atoms with van der Waals surface area (Å²) in [6.07, 6.45) is 2.77. The number of aliphatic hydroxyl groups excluding tert-OH is 1. The van der Waals surface area contributed by atoms with E-state index in [0.717, 1.165) is 0 Å². The zero-order chi connectivity index (χ0) is 12.0. The van der Waals surface area contributed by atoms with Crippen molar-refractivity contribution >= 4 is 5.97 Å². The first-order valence-electron chi connectivity index (χ1n) is 4.77. The minimum absolute atomic E-state index is 0.0511. The van der Waals surface area contributed by atoms with Gasteiger partial charge >= 0.3 is 5.97 Å². The average molecular weight is 227 g/mol. The van der Waals surface area contributed by atoms with Crippen LogP contribution in [0.2, 0.25) is 0 Å². The molecule has 0 aliphatic carbocycles. The normalized spacial score (nSPS) is 10.3.